The maximum absolute atomic E-state index is 12.8. The number of likely N-dealkylation sites (N-methyl/N-ethyl adjacent to an activating group) is 1. The summed E-state index contributed by atoms with van der Waals surface area (Å²) < 4.78 is 59.1. The SMILES string of the molecule is COc1ccccc1NS(=O)(=O)c1cccc(NC(=O)CN(C)S(=O)(=O)c2cccs2)c1. The van der Waals surface area contributed by atoms with Crippen LogP contribution in [0.2, 0.25) is 0 Å². The lowest BCUT2D eigenvalue weighted by atomic mass is 10.3. The van der Waals surface area contributed by atoms with Crippen LogP contribution in [0.5, 0.6) is 5.75 Å². The first-order chi connectivity index (χ1) is 15.1. The van der Waals surface area contributed by atoms with Gasteiger partial charge in [-0.15, -0.1) is 11.3 Å². The van der Waals surface area contributed by atoms with Crippen LogP contribution in [0.3, 0.4) is 0 Å². The van der Waals surface area contributed by atoms with Crippen molar-refractivity contribution in [1.29, 1.82) is 0 Å². The molecule has 1 amide bonds. The fraction of sp³-hybridized carbons (Fsp3) is 0.150. The highest BCUT2D eigenvalue weighted by atomic mass is 32.2. The van der Waals surface area contributed by atoms with Gasteiger partial charge in [-0.2, -0.15) is 4.31 Å². The van der Waals surface area contributed by atoms with Gasteiger partial charge in [-0.3, -0.25) is 9.52 Å². The number of thiophene rings is 1. The highest BCUT2D eigenvalue weighted by Crippen LogP contribution is 2.27. The van der Waals surface area contributed by atoms with Gasteiger partial charge in [-0.25, -0.2) is 16.8 Å². The van der Waals surface area contributed by atoms with Crippen molar-refractivity contribution >= 4 is 48.7 Å². The Labute approximate surface area is 190 Å². The first-order valence-corrected chi connectivity index (χ1v) is 13.0. The van der Waals surface area contributed by atoms with Crippen LogP contribution in [-0.4, -0.2) is 47.8 Å². The van der Waals surface area contributed by atoms with Crippen LogP contribution >= 0.6 is 11.3 Å². The number of ether oxygens (including phenoxy) is 1. The number of methoxy groups -OCH3 is 1. The summed E-state index contributed by atoms with van der Waals surface area (Å²) in [5.41, 5.74) is 0.477. The van der Waals surface area contributed by atoms with E-state index in [9.17, 15) is 21.6 Å². The Kier molecular flexibility index (Phi) is 7.19. The Bertz CT molecular complexity index is 1310. The molecule has 0 atom stereocenters. The highest BCUT2D eigenvalue weighted by Gasteiger charge is 2.24. The summed E-state index contributed by atoms with van der Waals surface area (Å²) in [6.45, 7) is -0.434. The predicted octanol–water partition coefficient (Wildman–Crippen LogP) is 2.82. The number of carbonyl (C=O) groups excluding carboxylic acids is 1. The zero-order valence-corrected chi connectivity index (χ0v) is 19.6. The molecule has 0 fully saturated rings. The van der Waals surface area contributed by atoms with Crippen molar-refractivity contribution in [2.45, 2.75) is 9.10 Å². The molecule has 0 spiro atoms. The summed E-state index contributed by atoms with van der Waals surface area (Å²) in [4.78, 5) is 12.3. The number of carbonyl (C=O) groups is 1. The first kappa shape index (κ1) is 23.7. The Morgan fingerprint density at radius 1 is 1.03 bits per heavy atom. The van der Waals surface area contributed by atoms with Crippen LogP contribution in [0.1, 0.15) is 0 Å². The largest absolute Gasteiger partial charge is 0.495 e. The van der Waals surface area contributed by atoms with Gasteiger partial charge >= 0.3 is 0 Å². The molecule has 1 heterocycles. The van der Waals surface area contributed by atoms with E-state index in [-0.39, 0.29) is 20.5 Å². The van der Waals surface area contributed by atoms with E-state index in [4.69, 9.17) is 4.74 Å². The van der Waals surface area contributed by atoms with Crippen molar-refractivity contribution in [1.82, 2.24) is 4.31 Å². The molecule has 3 aromatic rings. The van der Waals surface area contributed by atoms with E-state index in [0.29, 0.717) is 5.75 Å². The van der Waals surface area contributed by atoms with Crippen LogP contribution in [0.25, 0.3) is 0 Å². The fourth-order valence-corrected chi connectivity index (χ4v) is 6.17. The van der Waals surface area contributed by atoms with Gasteiger partial charge in [0, 0.05) is 12.7 Å². The van der Waals surface area contributed by atoms with E-state index in [0.717, 1.165) is 15.6 Å². The fourth-order valence-electron chi connectivity index (χ4n) is 2.73. The topological polar surface area (TPSA) is 122 Å². The Morgan fingerprint density at radius 3 is 2.47 bits per heavy atom. The second-order valence-corrected chi connectivity index (χ2v) is 11.5. The maximum Gasteiger partial charge on any atom is 0.262 e. The minimum Gasteiger partial charge on any atom is -0.495 e. The van der Waals surface area contributed by atoms with Crippen LogP contribution < -0.4 is 14.8 Å². The molecule has 0 saturated carbocycles. The van der Waals surface area contributed by atoms with Gasteiger partial charge in [-0.05, 0) is 41.8 Å². The van der Waals surface area contributed by atoms with Gasteiger partial charge in [0.25, 0.3) is 20.0 Å². The maximum atomic E-state index is 12.8. The molecule has 9 nitrogen and oxygen atoms in total. The number of hydrogen-bond acceptors (Lipinski definition) is 7. The molecule has 0 bridgehead atoms. The lowest BCUT2D eigenvalue weighted by Crippen LogP contribution is -2.34. The molecule has 2 aromatic carbocycles. The first-order valence-electron chi connectivity index (χ1n) is 9.19. The number of nitrogens with zero attached hydrogens (tertiary/aromatic N) is 1. The van der Waals surface area contributed by atoms with E-state index in [2.05, 4.69) is 10.0 Å². The molecule has 12 heteroatoms. The molecule has 0 aliphatic heterocycles. The number of para-hydroxylation sites is 2. The molecule has 0 radical (unpaired) electrons. The summed E-state index contributed by atoms with van der Waals surface area (Å²) in [5, 5.41) is 4.16. The number of rotatable bonds is 9. The number of nitrogens with one attached hydrogen (secondary N) is 2. The van der Waals surface area contributed by atoms with Crippen molar-refractivity contribution in [2.75, 3.05) is 30.7 Å². The summed E-state index contributed by atoms with van der Waals surface area (Å²) in [7, 11) is -5.02. The normalized spacial score (nSPS) is 11.8. The Morgan fingerprint density at radius 2 is 1.78 bits per heavy atom. The van der Waals surface area contributed by atoms with Crippen molar-refractivity contribution < 1.29 is 26.4 Å². The standard InChI is InChI=1S/C20H21N3O6S3/c1-23(32(27,28)20-11-6-12-30-20)14-19(24)21-15-7-5-8-16(13-15)31(25,26)22-17-9-3-4-10-18(17)29-2/h3-13,22H,14H2,1-2H3,(H,21,24). The van der Waals surface area contributed by atoms with E-state index in [1.807, 2.05) is 0 Å². The number of amides is 1. The zero-order chi connectivity index (χ0) is 23.4. The lowest BCUT2D eigenvalue weighted by Gasteiger charge is -2.16. The van der Waals surface area contributed by atoms with E-state index in [1.165, 1.54) is 44.5 Å². The van der Waals surface area contributed by atoms with Gasteiger partial charge < -0.3 is 10.1 Å². The second kappa shape index (κ2) is 9.69. The molecule has 170 valence electrons. The van der Waals surface area contributed by atoms with Crippen LogP contribution in [0.4, 0.5) is 11.4 Å². The van der Waals surface area contributed by atoms with Crippen molar-refractivity contribution in [3.05, 3.63) is 66.0 Å². The summed E-state index contributed by atoms with van der Waals surface area (Å²) in [6.07, 6.45) is 0. The summed E-state index contributed by atoms with van der Waals surface area (Å²) in [6, 6.07) is 15.3. The third-order valence-electron chi connectivity index (χ3n) is 4.31. The van der Waals surface area contributed by atoms with Gasteiger partial charge in [0.2, 0.25) is 5.91 Å². The van der Waals surface area contributed by atoms with Gasteiger partial charge in [0.05, 0.1) is 24.2 Å². The van der Waals surface area contributed by atoms with Crippen molar-refractivity contribution in [3.8, 4) is 5.75 Å². The molecular weight excluding hydrogens is 474 g/mol. The molecule has 0 saturated heterocycles. The third-order valence-corrected chi connectivity index (χ3v) is 8.84. The monoisotopic (exact) mass is 495 g/mol. The zero-order valence-electron chi connectivity index (χ0n) is 17.2. The molecule has 32 heavy (non-hydrogen) atoms. The molecule has 3 rings (SSSR count). The van der Waals surface area contributed by atoms with E-state index < -0.39 is 32.5 Å². The second-order valence-electron chi connectivity index (χ2n) is 6.57. The molecule has 2 N–H and O–H groups in total. The quantitative estimate of drug-likeness (QED) is 0.471. The summed E-state index contributed by atoms with van der Waals surface area (Å²) >= 11 is 1.05. The molecular formula is C20H21N3O6S3. The minimum absolute atomic E-state index is 0.0826. The van der Waals surface area contributed by atoms with Crippen LogP contribution in [0.15, 0.2) is 75.1 Å². The number of benzene rings is 2. The van der Waals surface area contributed by atoms with Crippen LogP contribution in [0, 0.1) is 0 Å². The molecule has 1 aromatic heterocycles. The average molecular weight is 496 g/mol. The number of hydrogen-bond donors (Lipinski definition) is 2. The average Bonchev–Trinajstić information content (AvgIpc) is 3.30. The van der Waals surface area contributed by atoms with Gasteiger partial charge in [0.15, 0.2) is 0 Å². The molecule has 0 aliphatic carbocycles. The van der Waals surface area contributed by atoms with E-state index >= 15 is 0 Å². The Balaban J connectivity index is 1.72. The molecule has 0 unspecified atom stereocenters. The third kappa shape index (κ3) is 5.46. The van der Waals surface area contributed by atoms with E-state index in [1.54, 1.807) is 35.7 Å². The smallest absolute Gasteiger partial charge is 0.262 e. The van der Waals surface area contributed by atoms with Crippen LogP contribution in [-0.2, 0) is 24.8 Å². The Hall–Kier alpha value is -2.93. The number of sulfonamides is 2. The highest BCUT2D eigenvalue weighted by molar-refractivity contribution is 7.92. The van der Waals surface area contributed by atoms with Crippen molar-refractivity contribution in [3.63, 3.8) is 0 Å². The molecule has 0 aliphatic rings. The number of anilines is 2. The lowest BCUT2D eigenvalue weighted by molar-refractivity contribution is -0.116. The van der Waals surface area contributed by atoms with Gasteiger partial charge in [-0.1, -0.05) is 24.3 Å². The van der Waals surface area contributed by atoms with Gasteiger partial charge in [0.1, 0.15) is 9.96 Å². The van der Waals surface area contributed by atoms with Crippen molar-refractivity contribution in [2.24, 2.45) is 0 Å². The summed E-state index contributed by atoms with van der Waals surface area (Å²) in [5.74, 6) is -0.254. The minimum atomic E-state index is -3.97. The predicted molar refractivity (Wildman–Crippen MR) is 123 cm³/mol.